The molecule has 6 nitrogen and oxygen atoms in total. The number of aromatic amines is 1. The predicted molar refractivity (Wildman–Crippen MR) is 105 cm³/mol. The number of hydrogen-bond donors (Lipinski definition) is 3. The van der Waals surface area contributed by atoms with Gasteiger partial charge in [0.15, 0.2) is 0 Å². The molecular formula is C18H24Cl2N4O2. The van der Waals surface area contributed by atoms with Crippen LogP contribution < -0.4 is 16.4 Å². The minimum absolute atomic E-state index is 0. The van der Waals surface area contributed by atoms with Crippen molar-refractivity contribution in [2.24, 2.45) is 5.92 Å². The monoisotopic (exact) mass is 398 g/mol. The van der Waals surface area contributed by atoms with Crippen molar-refractivity contribution in [3.8, 4) is 11.5 Å². The Morgan fingerprint density at radius 3 is 2.62 bits per heavy atom. The number of nitrogens with one attached hydrogen (secondary N) is 3. The van der Waals surface area contributed by atoms with E-state index >= 15 is 0 Å². The first-order valence-corrected chi connectivity index (χ1v) is 9.36. The number of nitrogens with zero attached hydrogens (tertiary/aromatic N) is 1. The molecule has 0 unspecified atom stereocenters. The summed E-state index contributed by atoms with van der Waals surface area (Å²) in [4.78, 5) is 11.3. The largest absolute Gasteiger partial charge is 0.434 e. The average molecular weight is 399 g/mol. The van der Waals surface area contributed by atoms with E-state index in [9.17, 15) is 4.79 Å². The Morgan fingerprint density at radius 1 is 1.27 bits per heavy atom. The van der Waals surface area contributed by atoms with Crippen molar-refractivity contribution >= 4 is 29.7 Å². The van der Waals surface area contributed by atoms with Crippen LogP contribution in [-0.2, 0) is 0 Å². The van der Waals surface area contributed by atoms with E-state index in [4.69, 9.17) is 16.0 Å². The lowest BCUT2D eigenvalue weighted by atomic mass is 9.91. The maximum Gasteiger partial charge on any atom is 0.434 e. The second-order valence-electron chi connectivity index (χ2n) is 7.14. The fourth-order valence-electron chi connectivity index (χ4n) is 3.63. The van der Waals surface area contributed by atoms with Crippen LogP contribution in [0.3, 0.4) is 0 Å². The van der Waals surface area contributed by atoms with E-state index in [-0.39, 0.29) is 12.4 Å². The summed E-state index contributed by atoms with van der Waals surface area (Å²) in [7, 11) is 0. The SMILES string of the molecule is C[C@H](Nc1cc(-c2n[nH]c(=O)o2)cc(C2CC2)c1Cl)C1CCNCC1.Cl. The third kappa shape index (κ3) is 4.08. The smallest absolute Gasteiger partial charge is 0.388 e. The number of hydrogen-bond acceptors (Lipinski definition) is 5. The summed E-state index contributed by atoms with van der Waals surface area (Å²) in [6, 6.07) is 4.26. The van der Waals surface area contributed by atoms with Crippen LogP contribution in [0.5, 0.6) is 0 Å². The zero-order valence-electron chi connectivity index (χ0n) is 14.7. The molecule has 1 aliphatic heterocycles. The molecule has 3 N–H and O–H groups in total. The molecule has 1 aliphatic carbocycles. The number of rotatable bonds is 5. The van der Waals surface area contributed by atoms with Crippen LogP contribution in [0.4, 0.5) is 5.69 Å². The zero-order chi connectivity index (χ0) is 17.4. The first-order chi connectivity index (χ1) is 12.1. The first kappa shape index (κ1) is 19.3. The van der Waals surface area contributed by atoms with Crippen LogP contribution >= 0.6 is 24.0 Å². The zero-order valence-corrected chi connectivity index (χ0v) is 16.3. The molecule has 2 heterocycles. The number of halogens is 2. The maximum absolute atomic E-state index is 11.3. The molecule has 1 saturated carbocycles. The van der Waals surface area contributed by atoms with E-state index in [1.54, 1.807) is 0 Å². The molecule has 8 heteroatoms. The minimum atomic E-state index is -0.546. The fourth-order valence-corrected chi connectivity index (χ4v) is 3.95. The van der Waals surface area contributed by atoms with Gasteiger partial charge in [-0.1, -0.05) is 11.6 Å². The van der Waals surface area contributed by atoms with Crippen LogP contribution in [0, 0.1) is 5.92 Å². The molecule has 1 saturated heterocycles. The van der Waals surface area contributed by atoms with E-state index in [0.717, 1.165) is 60.6 Å². The van der Waals surface area contributed by atoms with Gasteiger partial charge in [0.25, 0.3) is 0 Å². The third-order valence-electron chi connectivity index (χ3n) is 5.28. The summed E-state index contributed by atoms with van der Waals surface area (Å²) in [6.45, 7) is 4.34. The van der Waals surface area contributed by atoms with Crippen LogP contribution in [0.2, 0.25) is 5.02 Å². The highest BCUT2D eigenvalue weighted by atomic mass is 35.5. The van der Waals surface area contributed by atoms with Gasteiger partial charge in [-0.2, -0.15) is 0 Å². The van der Waals surface area contributed by atoms with Crippen LogP contribution in [-0.4, -0.2) is 29.3 Å². The fraction of sp³-hybridized carbons (Fsp3) is 0.556. The van der Waals surface area contributed by atoms with Crippen LogP contribution in [0.1, 0.15) is 44.1 Å². The van der Waals surface area contributed by atoms with Gasteiger partial charge in [-0.3, -0.25) is 0 Å². The van der Waals surface area contributed by atoms with E-state index in [2.05, 4.69) is 27.8 Å². The van der Waals surface area contributed by atoms with Crippen molar-refractivity contribution < 1.29 is 4.42 Å². The van der Waals surface area contributed by atoms with Gasteiger partial charge in [-0.05, 0) is 75.2 Å². The van der Waals surface area contributed by atoms with Crippen LogP contribution in [0.25, 0.3) is 11.5 Å². The summed E-state index contributed by atoms with van der Waals surface area (Å²) in [5.74, 6) is 0.873. The summed E-state index contributed by atoms with van der Waals surface area (Å²) < 4.78 is 5.14. The molecular weight excluding hydrogens is 375 g/mol. The molecule has 0 amide bonds. The van der Waals surface area contributed by atoms with Gasteiger partial charge in [0.1, 0.15) is 0 Å². The molecule has 142 valence electrons. The Labute approximate surface area is 163 Å². The quantitative estimate of drug-likeness (QED) is 0.713. The Balaban J connectivity index is 0.00000196. The Bertz CT molecular complexity index is 810. The number of piperidine rings is 1. The molecule has 0 bridgehead atoms. The summed E-state index contributed by atoms with van der Waals surface area (Å²) in [6.07, 6.45) is 4.62. The summed E-state index contributed by atoms with van der Waals surface area (Å²) >= 11 is 6.70. The number of benzene rings is 1. The van der Waals surface area contributed by atoms with Crippen molar-refractivity contribution in [1.29, 1.82) is 0 Å². The van der Waals surface area contributed by atoms with E-state index in [1.807, 2.05) is 12.1 Å². The van der Waals surface area contributed by atoms with Crippen molar-refractivity contribution in [3.63, 3.8) is 0 Å². The lowest BCUT2D eigenvalue weighted by molar-refractivity contribution is 0.343. The Kier molecular flexibility index (Phi) is 5.95. The summed E-state index contributed by atoms with van der Waals surface area (Å²) in [5, 5.41) is 14.1. The minimum Gasteiger partial charge on any atom is -0.388 e. The highest BCUT2D eigenvalue weighted by molar-refractivity contribution is 6.34. The van der Waals surface area contributed by atoms with E-state index in [0.29, 0.717) is 23.8 Å². The highest BCUT2D eigenvalue weighted by Gasteiger charge is 2.29. The average Bonchev–Trinajstić information content (AvgIpc) is 3.38. The van der Waals surface area contributed by atoms with E-state index in [1.165, 1.54) is 0 Å². The van der Waals surface area contributed by atoms with Gasteiger partial charge in [-0.25, -0.2) is 9.89 Å². The molecule has 2 aliphatic rings. The number of H-pyrrole nitrogens is 1. The molecule has 1 aromatic heterocycles. The maximum atomic E-state index is 11.3. The topological polar surface area (TPSA) is 83.0 Å². The molecule has 0 spiro atoms. The molecule has 0 radical (unpaired) electrons. The van der Waals surface area contributed by atoms with Gasteiger partial charge >= 0.3 is 5.76 Å². The van der Waals surface area contributed by atoms with Crippen molar-refractivity contribution in [1.82, 2.24) is 15.5 Å². The van der Waals surface area contributed by atoms with Gasteiger partial charge in [0.2, 0.25) is 5.89 Å². The predicted octanol–water partition coefficient (Wildman–Crippen LogP) is 3.78. The van der Waals surface area contributed by atoms with E-state index < -0.39 is 5.76 Å². The molecule has 1 aromatic carbocycles. The number of anilines is 1. The normalized spacial score (nSPS) is 19.0. The first-order valence-electron chi connectivity index (χ1n) is 8.98. The molecule has 2 fully saturated rings. The van der Waals surface area contributed by atoms with Crippen LogP contribution in [0.15, 0.2) is 21.3 Å². The van der Waals surface area contributed by atoms with Crippen molar-refractivity contribution in [2.75, 3.05) is 18.4 Å². The molecule has 26 heavy (non-hydrogen) atoms. The third-order valence-corrected chi connectivity index (χ3v) is 5.70. The second kappa shape index (κ2) is 8.03. The van der Waals surface area contributed by atoms with Crippen molar-refractivity contribution in [2.45, 2.75) is 44.6 Å². The lowest BCUT2D eigenvalue weighted by Gasteiger charge is -2.30. The van der Waals surface area contributed by atoms with Gasteiger partial charge in [-0.15, -0.1) is 17.5 Å². The highest BCUT2D eigenvalue weighted by Crippen LogP contribution is 2.47. The molecule has 1 atom stereocenters. The lowest BCUT2D eigenvalue weighted by Crippen LogP contribution is -2.36. The summed E-state index contributed by atoms with van der Waals surface area (Å²) in [5.41, 5.74) is 2.80. The van der Waals surface area contributed by atoms with Gasteiger partial charge < -0.3 is 15.1 Å². The van der Waals surface area contributed by atoms with Crippen molar-refractivity contribution in [3.05, 3.63) is 33.3 Å². The Hall–Kier alpha value is -1.50. The van der Waals surface area contributed by atoms with Gasteiger partial charge in [0, 0.05) is 11.6 Å². The van der Waals surface area contributed by atoms with Gasteiger partial charge in [0.05, 0.1) is 10.7 Å². The second-order valence-corrected chi connectivity index (χ2v) is 7.52. The standard InChI is InChI=1S/C18H23ClN4O2.ClH/c1-10(11-4-6-20-7-5-11)21-15-9-13(17-22-23-18(24)25-17)8-14(16(15)19)12-2-3-12;/h8-12,20-21H,2-7H2,1H3,(H,23,24);1H/t10-;/m0./s1. The number of aromatic nitrogens is 2. The molecule has 4 rings (SSSR count). The Morgan fingerprint density at radius 2 is 2.00 bits per heavy atom. The molecule has 2 aromatic rings.